The molecule has 0 saturated heterocycles. The number of hydrogen-bond donors (Lipinski definition) is 0. The average Bonchev–Trinajstić information content (AvgIpc) is 2.74. The lowest BCUT2D eigenvalue weighted by Crippen LogP contribution is -2.02. The van der Waals surface area contributed by atoms with Gasteiger partial charge in [-0.05, 0) is 34.6 Å². The molecule has 0 spiro atoms. The molecule has 16 heavy (non-hydrogen) atoms. The van der Waals surface area contributed by atoms with E-state index in [9.17, 15) is 0 Å². The minimum atomic E-state index is 0.318. The molecule has 0 atom stereocenters. The van der Waals surface area contributed by atoms with Crippen molar-refractivity contribution in [1.82, 2.24) is 9.97 Å². The predicted octanol–water partition coefficient (Wildman–Crippen LogP) is 4.12. The van der Waals surface area contributed by atoms with Gasteiger partial charge in [-0.3, -0.25) is 0 Å². The molecule has 0 unspecified atom stereocenters. The first-order valence-corrected chi connectivity index (χ1v) is 6.30. The maximum absolute atomic E-state index is 6.09. The van der Waals surface area contributed by atoms with Crippen molar-refractivity contribution in [2.75, 3.05) is 0 Å². The van der Waals surface area contributed by atoms with Gasteiger partial charge in [0.1, 0.15) is 11.4 Å². The summed E-state index contributed by atoms with van der Waals surface area (Å²) in [5.74, 6) is 0.931. The third-order valence-corrected chi connectivity index (χ3v) is 3.82. The zero-order valence-electron chi connectivity index (χ0n) is 8.87. The Morgan fingerprint density at radius 1 is 1.38 bits per heavy atom. The van der Waals surface area contributed by atoms with Crippen LogP contribution in [0.3, 0.4) is 0 Å². The van der Waals surface area contributed by atoms with Crippen LogP contribution in [0.5, 0.6) is 0 Å². The van der Waals surface area contributed by atoms with Gasteiger partial charge in [0.05, 0.1) is 21.1 Å². The molecule has 0 bridgehead atoms. The van der Waals surface area contributed by atoms with E-state index < -0.39 is 0 Å². The zero-order valence-corrected chi connectivity index (χ0v) is 11.8. The Labute approximate surface area is 112 Å². The summed E-state index contributed by atoms with van der Waals surface area (Å²) >= 11 is 8.27. The van der Waals surface area contributed by atoms with Crippen LogP contribution in [0.4, 0.5) is 0 Å². The van der Waals surface area contributed by atoms with Gasteiger partial charge < -0.3 is 4.42 Å². The maximum Gasteiger partial charge on any atom is 0.164 e. The smallest absolute Gasteiger partial charge is 0.164 e. The first-order chi connectivity index (χ1) is 7.59. The van der Waals surface area contributed by atoms with E-state index in [1.807, 2.05) is 6.07 Å². The molecule has 0 aliphatic carbocycles. The maximum atomic E-state index is 6.09. The molecular formula is C11H10ClIN2O. The second kappa shape index (κ2) is 4.71. The van der Waals surface area contributed by atoms with Crippen molar-refractivity contribution in [2.24, 2.45) is 0 Å². The molecule has 0 radical (unpaired) electrons. The van der Waals surface area contributed by atoms with Crippen molar-refractivity contribution in [3.8, 4) is 11.4 Å². The van der Waals surface area contributed by atoms with Crippen LogP contribution in [-0.4, -0.2) is 9.97 Å². The van der Waals surface area contributed by atoms with Crippen molar-refractivity contribution < 1.29 is 4.42 Å². The molecule has 2 heterocycles. The Kier molecular flexibility index (Phi) is 3.49. The summed E-state index contributed by atoms with van der Waals surface area (Å²) in [5.41, 5.74) is 1.82. The normalized spacial score (nSPS) is 11.1. The lowest BCUT2D eigenvalue weighted by molar-refractivity contribution is 0.568. The third-order valence-electron chi connectivity index (χ3n) is 2.16. The van der Waals surface area contributed by atoms with Gasteiger partial charge in [-0.2, -0.15) is 0 Å². The predicted molar refractivity (Wildman–Crippen MR) is 71.6 cm³/mol. The van der Waals surface area contributed by atoms with Crippen LogP contribution in [0.1, 0.15) is 25.5 Å². The topological polar surface area (TPSA) is 38.9 Å². The van der Waals surface area contributed by atoms with E-state index in [-0.39, 0.29) is 0 Å². The summed E-state index contributed by atoms with van der Waals surface area (Å²) in [4.78, 5) is 8.76. The highest BCUT2D eigenvalue weighted by atomic mass is 127. The molecule has 0 aliphatic rings. The molecule has 0 N–H and O–H groups in total. The number of furan rings is 1. The van der Waals surface area contributed by atoms with E-state index in [1.165, 1.54) is 0 Å². The van der Waals surface area contributed by atoms with Gasteiger partial charge in [0.25, 0.3) is 0 Å². The Morgan fingerprint density at radius 2 is 2.12 bits per heavy atom. The molecule has 0 amide bonds. The minimum absolute atomic E-state index is 0.318. The Hall–Kier alpha value is -0.620. The summed E-state index contributed by atoms with van der Waals surface area (Å²) in [6, 6.07) is 1.82. The second-order valence-corrected chi connectivity index (χ2v) is 5.14. The highest BCUT2D eigenvalue weighted by Gasteiger charge is 2.14. The van der Waals surface area contributed by atoms with Crippen molar-refractivity contribution in [2.45, 2.75) is 19.8 Å². The van der Waals surface area contributed by atoms with E-state index >= 15 is 0 Å². The molecule has 0 fully saturated rings. The molecular weight excluding hydrogens is 338 g/mol. The largest absolute Gasteiger partial charge is 0.472 e. The first-order valence-electron chi connectivity index (χ1n) is 4.85. The fourth-order valence-electron chi connectivity index (χ4n) is 1.34. The van der Waals surface area contributed by atoms with Crippen LogP contribution in [-0.2, 0) is 0 Å². The summed E-state index contributed by atoms with van der Waals surface area (Å²) in [6.07, 6.45) is 3.21. The van der Waals surface area contributed by atoms with Gasteiger partial charge >= 0.3 is 0 Å². The SMILES string of the molecule is CC(C)c1nc(-c2ccoc2)nc(Cl)c1I. The Morgan fingerprint density at radius 3 is 2.69 bits per heavy atom. The molecule has 2 rings (SSSR count). The van der Waals surface area contributed by atoms with Crippen LogP contribution in [0.15, 0.2) is 23.0 Å². The summed E-state index contributed by atoms with van der Waals surface area (Å²) in [7, 11) is 0. The van der Waals surface area contributed by atoms with Gasteiger partial charge in [-0.25, -0.2) is 9.97 Å². The van der Waals surface area contributed by atoms with Gasteiger partial charge in [0.15, 0.2) is 5.82 Å². The summed E-state index contributed by atoms with van der Waals surface area (Å²) in [5, 5.41) is 0.496. The van der Waals surface area contributed by atoms with E-state index in [4.69, 9.17) is 16.0 Å². The standard InChI is InChI=1S/C11H10ClIN2O/c1-6(2)9-8(13)10(12)15-11(14-9)7-3-4-16-5-7/h3-6H,1-2H3. The summed E-state index contributed by atoms with van der Waals surface area (Å²) < 4.78 is 5.93. The highest BCUT2D eigenvalue weighted by molar-refractivity contribution is 14.1. The van der Waals surface area contributed by atoms with Crippen molar-refractivity contribution in [1.29, 1.82) is 0 Å². The molecule has 5 heteroatoms. The van der Waals surface area contributed by atoms with Crippen molar-refractivity contribution >= 4 is 34.2 Å². The van der Waals surface area contributed by atoms with E-state index in [1.54, 1.807) is 12.5 Å². The van der Waals surface area contributed by atoms with Crippen LogP contribution in [0.25, 0.3) is 11.4 Å². The van der Waals surface area contributed by atoms with Crippen molar-refractivity contribution in [3.05, 3.63) is 33.0 Å². The second-order valence-electron chi connectivity index (χ2n) is 3.70. The lowest BCUT2D eigenvalue weighted by atomic mass is 10.1. The fourth-order valence-corrected chi connectivity index (χ4v) is 2.38. The van der Waals surface area contributed by atoms with Gasteiger partial charge in [-0.15, -0.1) is 0 Å². The number of nitrogens with zero attached hydrogens (tertiary/aromatic N) is 2. The monoisotopic (exact) mass is 348 g/mol. The zero-order chi connectivity index (χ0) is 11.7. The van der Waals surface area contributed by atoms with Gasteiger partial charge in [-0.1, -0.05) is 25.4 Å². The molecule has 84 valence electrons. The van der Waals surface area contributed by atoms with Gasteiger partial charge in [0, 0.05) is 0 Å². The molecule has 0 saturated carbocycles. The van der Waals surface area contributed by atoms with Crippen LogP contribution >= 0.6 is 34.2 Å². The molecule has 2 aromatic heterocycles. The van der Waals surface area contributed by atoms with E-state index in [0.29, 0.717) is 16.9 Å². The third kappa shape index (κ3) is 2.22. The fraction of sp³-hybridized carbons (Fsp3) is 0.273. The number of halogens is 2. The Balaban J connectivity index is 2.57. The van der Waals surface area contributed by atoms with Crippen LogP contribution in [0, 0.1) is 3.57 Å². The summed E-state index contributed by atoms with van der Waals surface area (Å²) in [6.45, 7) is 4.17. The van der Waals surface area contributed by atoms with Crippen molar-refractivity contribution in [3.63, 3.8) is 0 Å². The van der Waals surface area contributed by atoms with E-state index in [0.717, 1.165) is 14.8 Å². The molecule has 0 aliphatic heterocycles. The highest BCUT2D eigenvalue weighted by Crippen LogP contribution is 2.28. The first kappa shape index (κ1) is 11.9. The lowest BCUT2D eigenvalue weighted by Gasteiger charge is -2.09. The molecule has 0 aromatic carbocycles. The number of rotatable bonds is 2. The number of aromatic nitrogens is 2. The van der Waals surface area contributed by atoms with Crippen LogP contribution in [0.2, 0.25) is 5.15 Å². The Bertz CT molecular complexity index is 497. The van der Waals surface area contributed by atoms with Crippen LogP contribution < -0.4 is 0 Å². The molecule has 3 nitrogen and oxygen atoms in total. The quantitative estimate of drug-likeness (QED) is 0.605. The molecule has 2 aromatic rings. The number of hydrogen-bond acceptors (Lipinski definition) is 3. The minimum Gasteiger partial charge on any atom is -0.472 e. The van der Waals surface area contributed by atoms with E-state index in [2.05, 4.69) is 46.4 Å². The average molecular weight is 349 g/mol. The van der Waals surface area contributed by atoms with Gasteiger partial charge in [0.2, 0.25) is 0 Å².